The molecule has 0 saturated carbocycles. The Morgan fingerprint density at radius 2 is 1.96 bits per heavy atom. The maximum atomic E-state index is 12.1. The normalized spacial score (nSPS) is 17.4. The van der Waals surface area contributed by atoms with E-state index in [1.54, 1.807) is 0 Å². The van der Waals surface area contributed by atoms with Crippen LogP contribution >= 0.6 is 36.4 Å². The van der Waals surface area contributed by atoms with Gasteiger partial charge < -0.3 is 21.3 Å². The highest BCUT2D eigenvalue weighted by atomic mass is 35.5. The molecule has 1 heterocycles. The van der Waals surface area contributed by atoms with E-state index in [2.05, 4.69) is 15.5 Å². The predicted octanol–water partition coefficient (Wildman–Crippen LogP) is 2.37. The van der Waals surface area contributed by atoms with Crippen molar-refractivity contribution in [2.45, 2.75) is 38.8 Å². The van der Waals surface area contributed by atoms with Gasteiger partial charge in [0, 0.05) is 19.1 Å². The van der Waals surface area contributed by atoms with Gasteiger partial charge in [0.25, 0.3) is 0 Å². The molecule has 0 aliphatic carbocycles. The van der Waals surface area contributed by atoms with E-state index in [1.807, 2.05) is 38.1 Å². The van der Waals surface area contributed by atoms with Gasteiger partial charge in [-0.3, -0.25) is 9.59 Å². The molecule has 27 heavy (non-hydrogen) atoms. The molecule has 0 bridgehead atoms. The number of carbonyl (C=O) groups excluding carboxylic acids is 2. The molecule has 2 rings (SSSR count). The van der Waals surface area contributed by atoms with E-state index in [0.717, 1.165) is 25.1 Å². The summed E-state index contributed by atoms with van der Waals surface area (Å²) < 4.78 is 0. The van der Waals surface area contributed by atoms with E-state index in [4.69, 9.17) is 17.3 Å². The van der Waals surface area contributed by atoms with Crippen LogP contribution in [-0.2, 0) is 9.59 Å². The van der Waals surface area contributed by atoms with E-state index in [9.17, 15) is 9.59 Å². The quantitative estimate of drug-likeness (QED) is 0.635. The summed E-state index contributed by atoms with van der Waals surface area (Å²) in [6, 6.07) is 7.15. The molecule has 1 aromatic carbocycles. The molecule has 1 unspecified atom stereocenters. The number of carbonyl (C=O) groups is 2. The highest BCUT2D eigenvalue weighted by Crippen LogP contribution is 2.27. The van der Waals surface area contributed by atoms with Crippen LogP contribution in [0.15, 0.2) is 24.3 Å². The SMILES string of the molecule is CC(C)[C@H](N)C(=O)NCC(=O)NC1CCCN(c2ccccc2Cl)C1.Cl.Cl. The first-order valence-electron chi connectivity index (χ1n) is 8.70. The van der Waals surface area contributed by atoms with Crippen molar-refractivity contribution in [3.05, 3.63) is 29.3 Å². The number of halogens is 3. The molecule has 6 nitrogen and oxygen atoms in total. The monoisotopic (exact) mass is 438 g/mol. The zero-order chi connectivity index (χ0) is 18.4. The van der Waals surface area contributed by atoms with Crippen LogP contribution in [0.3, 0.4) is 0 Å². The van der Waals surface area contributed by atoms with Crippen LogP contribution in [0.5, 0.6) is 0 Å². The molecule has 1 aliphatic heterocycles. The number of anilines is 1. The lowest BCUT2D eigenvalue weighted by Crippen LogP contribution is -2.52. The summed E-state index contributed by atoms with van der Waals surface area (Å²) in [5.74, 6) is -0.465. The fraction of sp³-hybridized carbons (Fsp3) is 0.556. The number of nitrogens with two attached hydrogens (primary N) is 1. The molecule has 0 radical (unpaired) electrons. The molecule has 1 saturated heterocycles. The summed E-state index contributed by atoms with van der Waals surface area (Å²) >= 11 is 6.26. The Kier molecular flexibility index (Phi) is 11.7. The van der Waals surface area contributed by atoms with Crippen molar-refractivity contribution in [1.29, 1.82) is 0 Å². The fourth-order valence-corrected chi connectivity index (χ4v) is 3.14. The van der Waals surface area contributed by atoms with Crippen molar-refractivity contribution in [3.8, 4) is 0 Å². The second kappa shape index (κ2) is 12.3. The Hall–Kier alpha value is -1.21. The summed E-state index contributed by atoms with van der Waals surface area (Å²) in [6.45, 7) is 5.30. The lowest BCUT2D eigenvalue weighted by molar-refractivity contribution is -0.127. The maximum Gasteiger partial charge on any atom is 0.239 e. The highest BCUT2D eigenvalue weighted by Gasteiger charge is 2.23. The van der Waals surface area contributed by atoms with E-state index in [0.29, 0.717) is 11.6 Å². The van der Waals surface area contributed by atoms with Crippen molar-refractivity contribution >= 4 is 53.9 Å². The molecule has 154 valence electrons. The summed E-state index contributed by atoms with van der Waals surface area (Å²) in [5, 5.41) is 6.29. The number of para-hydroxylation sites is 1. The second-order valence-corrected chi connectivity index (χ2v) is 7.20. The third kappa shape index (κ3) is 7.74. The van der Waals surface area contributed by atoms with Gasteiger partial charge in [0.15, 0.2) is 0 Å². The summed E-state index contributed by atoms with van der Waals surface area (Å²) in [4.78, 5) is 26.1. The van der Waals surface area contributed by atoms with Crippen molar-refractivity contribution in [2.75, 3.05) is 24.5 Å². The number of nitrogens with zero attached hydrogens (tertiary/aromatic N) is 1. The fourth-order valence-electron chi connectivity index (χ4n) is 2.89. The van der Waals surface area contributed by atoms with Crippen LogP contribution in [0.4, 0.5) is 5.69 Å². The lowest BCUT2D eigenvalue weighted by atomic mass is 10.0. The number of hydrogen-bond donors (Lipinski definition) is 3. The molecule has 0 aromatic heterocycles. The minimum Gasteiger partial charge on any atom is -0.368 e. The van der Waals surface area contributed by atoms with Crippen molar-refractivity contribution in [2.24, 2.45) is 11.7 Å². The Morgan fingerprint density at radius 3 is 2.59 bits per heavy atom. The number of piperidine rings is 1. The number of nitrogens with one attached hydrogen (secondary N) is 2. The van der Waals surface area contributed by atoms with Gasteiger partial charge in [0.2, 0.25) is 11.8 Å². The first-order valence-corrected chi connectivity index (χ1v) is 9.08. The summed E-state index contributed by atoms with van der Waals surface area (Å²) in [5.41, 5.74) is 6.75. The standard InChI is InChI=1S/C18H27ClN4O2.2ClH/c1-12(2)17(20)18(25)21-10-16(24)22-13-6-5-9-23(11-13)15-8-4-3-7-14(15)19;;/h3-4,7-8,12-13,17H,5-6,9-11,20H2,1-2H3,(H,21,25)(H,22,24);2*1H/t13?,17-;;/m0../s1. The molecule has 9 heteroatoms. The first kappa shape index (κ1) is 25.8. The largest absolute Gasteiger partial charge is 0.368 e. The molecule has 1 aromatic rings. The van der Waals surface area contributed by atoms with Gasteiger partial charge in [-0.15, -0.1) is 24.8 Å². The third-order valence-corrected chi connectivity index (χ3v) is 4.74. The maximum absolute atomic E-state index is 12.1. The summed E-state index contributed by atoms with van der Waals surface area (Å²) in [7, 11) is 0. The highest BCUT2D eigenvalue weighted by molar-refractivity contribution is 6.33. The number of benzene rings is 1. The molecule has 1 fully saturated rings. The minimum atomic E-state index is -0.599. The van der Waals surface area contributed by atoms with Gasteiger partial charge in [-0.2, -0.15) is 0 Å². The van der Waals surface area contributed by atoms with E-state index < -0.39 is 6.04 Å². The molecule has 2 amide bonds. The van der Waals surface area contributed by atoms with Crippen LogP contribution in [-0.4, -0.2) is 43.5 Å². The Bertz CT molecular complexity index is 616. The summed E-state index contributed by atoms with van der Waals surface area (Å²) in [6.07, 6.45) is 1.88. The molecule has 0 spiro atoms. The molecule has 2 atom stereocenters. The zero-order valence-corrected chi connectivity index (χ0v) is 18.0. The van der Waals surface area contributed by atoms with E-state index in [1.165, 1.54) is 0 Å². The first-order chi connectivity index (χ1) is 11.9. The zero-order valence-electron chi connectivity index (χ0n) is 15.6. The smallest absolute Gasteiger partial charge is 0.239 e. The van der Waals surface area contributed by atoms with Gasteiger partial charge in [0.1, 0.15) is 0 Å². The van der Waals surface area contributed by atoms with Crippen molar-refractivity contribution in [3.63, 3.8) is 0 Å². The Morgan fingerprint density at radius 1 is 1.30 bits per heavy atom. The van der Waals surface area contributed by atoms with Gasteiger partial charge in [-0.05, 0) is 30.9 Å². The number of amides is 2. The van der Waals surface area contributed by atoms with Gasteiger partial charge in [-0.1, -0.05) is 37.6 Å². The minimum absolute atomic E-state index is 0. The Balaban J connectivity index is 0.00000338. The molecule has 4 N–H and O–H groups in total. The van der Waals surface area contributed by atoms with Gasteiger partial charge in [0.05, 0.1) is 23.3 Å². The average molecular weight is 440 g/mol. The molecular formula is C18H29Cl3N4O2. The lowest BCUT2D eigenvalue weighted by Gasteiger charge is -2.35. The van der Waals surface area contributed by atoms with Crippen LogP contribution in [0, 0.1) is 5.92 Å². The number of rotatable bonds is 6. The number of hydrogen-bond acceptors (Lipinski definition) is 4. The van der Waals surface area contributed by atoms with Crippen LogP contribution < -0.4 is 21.3 Å². The molecule has 1 aliphatic rings. The Labute approximate surface area is 178 Å². The van der Waals surface area contributed by atoms with Crippen LogP contribution in [0.2, 0.25) is 5.02 Å². The molecular weight excluding hydrogens is 411 g/mol. The van der Waals surface area contributed by atoms with Gasteiger partial charge in [-0.25, -0.2) is 0 Å². The van der Waals surface area contributed by atoms with Gasteiger partial charge >= 0.3 is 0 Å². The van der Waals surface area contributed by atoms with Crippen molar-refractivity contribution < 1.29 is 9.59 Å². The van der Waals surface area contributed by atoms with Crippen molar-refractivity contribution in [1.82, 2.24) is 10.6 Å². The third-order valence-electron chi connectivity index (χ3n) is 4.42. The van der Waals surface area contributed by atoms with E-state index in [-0.39, 0.29) is 55.1 Å². The van der Waals surface area contributed by atoms with Crippen LogP contribution in [0.1, 0.15) is 26.7 Å². The van der Waals surface area contributed by atoms with Crippen LogP contribution in [0.25, 0.3) is 0 Å². The average Bonchev–Trinajstić information content (AvgIpc) is 2.59. The second-order valence-electron chi connectivity index (χ2n) is 6.79. The van der Waals surface area contributed by atoms with E-state index >= 15 is 0 Å². The topological polar surface area (TPSA) is 87.5 Å². The predicted molar refractivity (Wildman–Crippen MR) is 115 cm³/mol.